The van der Waals surface area contributed by atoms with E-state index in [2.05, 4.69) is 10.3 Å². The van der Waals surface area contributed by atoms with Gasteiger partial charge in [0, 0.05) is 14.2 Å². The predicted octanol–water partition coefficient (Wildman–Crippen LogP) is 1.12. The molecule has 5 heteroatoms. The first-order valence-corrected chi connectivity index (χ1v) is 4.59. The van der Waals surface area contributed by atoms with Crippen molar-refractivity contribution >= 4 is 5.82 Å². The molecule has 0 fully saturated rings. The summed E-state index contributed by atoms with van der Waals surface area (Å²) in [6, 6.07) is 3.67. The van der Waals surface area contributed by atoms with Crippen LogP contribution in [0.15, 0.2) is 18.3 Å². The largest absolute Gasteiger partial charge is 0.495 e. The quantitative estimate of drug-likeness (QED) is 0.716. The second-order valence-corrected chi connectivity index (χ2v) is 2.87. The first kappa shape index (κ1) is 11.7. The van der Waals surface area contributed by atoms with Crippen LogP contribution in [0.2, 0.25) is 0 Å². The molecule has 0 amide bonds. The van der Waals surface area contributed by atoms with Gasteiger partial charge in [0.1, 0.15) is 11.6 Å². The predicted molar refractivity (Wildman–Crippen MR) is 57.1 cm³/mol. The summed E-state index contributed by atoms with van der Waals surface area (Å²) in [6.07, 6.45) is 1.38. The van der Waals surface area contributed by atoms with Crippen LogP contribution < -0.4 is 10.1 Å². The lowest BCUT2D eigenvalue weighted by molar-refractivity contribution is -0.0914. The van der Waals surface area contributed by atoms with Gasteiger partial charge in [-0.2, -0.15) is 0 Å². The van der Waals surface area contributed by atoms with Crippen LogP contribution in [0.3, 0.4) is 0 Å². The van der Waals surface area contributed by atoms with Crippen LogP contribution in [0.4, 0.5) is 5.82 Å². The van der Waals surface area contributed by atoms with Gasteiger partial charge in [0.15, 0.2) is 6.29 Å². The van der Waals surface area contributed by atoms with Crippen molar-refractivity contribution in [2.45, 2.75) is 6.29 Å². The van der Waals surface area contributed by atoms with Crippen LogP contribution in [0.1, 0.15) is 0 Å². The smallest absolute Gasteiger partial charge is 0.173 e. The third-order valence-electron chi connectivity index (χ3n) is 1.95. The van der Waals surface area contributed by atoms with Crippen LogP contribution >= 0.6 is 0 Å². The summed E-state index contributed by atoms with van der Waals surface area (Å²) in [7, 11) is 4.80. The average Bonchev–Trinajstić information content (AvgIpc) is 2.31. The number of nitrogens with one attached hydrogen (secondary N) is 1. The maximum atomic E-state index is 5.03. The third-order valence-corrected chi connectivity index (χ3v) is 1.95. The molecule has 1 N–H and O–H groups in total. The van der Waals surface area contributed by atoms with E-state index in [0.29, 0.717) is 6.54 Å². The van der Waals surface area contributed by atoms with Gasteiger partial charge in [-0.3, -0.25) is 0 Å². The Kier molecular flexibility index (Phi) is 4.86. The molecule has 0 aromatic carbocycles. The standard InChI is InChI=1S/C10H16N2O3/c1-13-8-4-5-9(11-6-8)12-7-10(14-2)15-3/h4-6,10H,7H2,1-3H3,(H,11,12). The normalized spacial score (nSPS) is 10.4. The number of hydrogen-bond acceptors (Lipinski definition) is 5. The van der Waals surface area contributed by atoms with Crippen LogP contribution in [0.25, 0.3) is 0 Å². The number of aromatic nitrogens is 1. The fourth-order valence-corrected chi connectivity index (χ4v) is 1.06. The van der Waals surface area contributed by atoms with Gasteiger partial charge in [-0.15, -0.1) is 0 Å². The molecular weight excluding hydrogens is 196 g/mol. The second kappa shape index (κ2) is 6.21. The zero-order valence-corrected chi connectivity index (χ0v) is 9.19. The summed E-state index contributed by atoms with van der Waals surface area (Å²) < 4.78 is 15.1. The van der Waals surface area contributed by atoms with E-state index in [0.717, 1.165) is 11.6 Å². The first-order chi connectivity index (χ1) is 7.30. The molecule has 1 aromatic rings. The molecule has 0 radical (unpaired) electrons. The number of rotatable bonds is 6. The maximum absolute atomic E-state index is 5.03. The van der Waals surface area contributed by atoms with E-state index in [-0.39, 0.29) is 6.29 Å². The number of nitrogens with zero attached hydrogens (tertiary/aromatic N) is 1. The Labute approximate surface area is 89.4 Å². The molecule has 0 unspecified atom stereocenters. The van der Waals surface area contributed by atoms with E-state index in [1.807, 2.05) is 12.1 Å². The number of hydrogen-bond donors (Lipinski definition) is 1. The van der Waals surface area contributed by atoms with Gasteiger partial charge < -0.3 is 19.5 Å². The highest BCUT2D eigenvalue weighted by molar-refractivity contribution is 5.37. The van der Waals surface area contributed by atoms with Gasteiger partial charge in [-0.25, -0.2) is 4.98 Å². The molecule has 84 valence electrons. The molecule has 5 nitrogen and oxygen atoms in total. The number of anilines is 1. The second-order valence-electron chi connectivity index (χ2n) is 2.87. The van der Waals surface area contributed by atoms with Gasteiger partial charge in [0.25, 0.3) is 0 Å². The van der Waals surface area contributed by atoms with Crippen molar-refractivity contribution in [3.05, 3.63) is 18.3 Å². The summed E-state index contributed by atoms with van der Waals surface area (Å²) in [5, 5.41) is 3.08. The minimum atomic E-state index is -0.270. The molecule has 0 aliphatic heterocycles. The van der Waals surface area contributed by atoms with Crippen LogP contribution in [-0.2, 0) is 9.47 Å². The summed E-state index contributed by atoms with van der Waals surface area (Å²) in [6.45, 7) is 0.548. The molecule has 0 atom stereocenters. The minimum absolute atomic E-state index is 0.270. The zero-order chi connectivity index (χ0) is 11.1. The molecule has 0 aliphatic rings. The highest BCUT2D eigenvalue weighted by Crippen LogP contribution is 2.11. The molecular formula is C10H16N2O3. The topological polar surface area (TPSA) is 52.6 Å². The number of ether oxygens (including phenoxy) is 3. The van der Waals surface area contributed by atoms with Crippen molar-refractivity contribution in [3.63, 3.8) is 0 Å². The minimum Gasteiger partial charge on any atom is -0.495 e. The lowest BCUT2D eigenvalue weighted by Crippen LogP contribution is -2.23. The van der Waals surface area contributed by atoms with Crippen molar-refractivity contribution in [1.29, 1.82) is 0 Å². The van der Waals surface area contributed by atoms with E-state index in [1.54, 1.807) is 27.5 Å². The van der Waals surface area contributed by atoms with Crippen molar-refractivity contribution in [2.24, 2.45) is 0 Å². The van der Waals surface area contributed by atoms with Gasteiger partial charge in [0.2, 0.25) is 0 Å². The Balaban J connectivity index is 2.43. The maximum Gasteiger partial charge on any atom is 0.173 e. The third kappa shape index (κ3) is 3.73. The fraction of sp³-hybridized carbons (Fsp3) is 0.500. The summed E-state index contributed by atoms with van der Waals surface area (Å²) in [4.78, 5) is 4.14. The molecule has 0 bridgehead atoms. The van der Waals surface area contributed by atoms with Crippen molar-refractivity contribution in [2.75, 3.05) is 33.2 Å². The Bertz CT molecular complexity index is 273. The first-order valence-electron chi connectivity index (χ1n) is 4.59. The molecule has 1 rings (SSSR count). The molecule has 15 heavy (non-hydrogen) atoms. The van der Waals surface area contributed by atoms with Gasteiger partial charge in [-0.05, 0) is 12.1 Å². The Morgan fingerprint density at radius 2 is 2.00 bits per heavy atom. The molecule has 1 heterocycles. The van der Waals surface area contributed by atoms with Crippen molar-refractivity contribution in [1.82, 2.24) is 4.98 Å². The fourth-order valence-electron chi connectivity index (χ4n) is 1.06. The van der Waals surface area contributed by atoms with Crippen LogP contribution in [0.5, 0.6) is 5.75 Å². The summed E-state index contributed by atoms with van der Waals surface area (Å²) >= 11 is 0. The summed E-state index contributed by atoms with van der Waals surface area (Å²) in [5.41, 5.74) is 0. The molecule has 0 aliphatic carbocycles. The van der Waals surface area contributed by atoms with E-state index in [1.165, 1.54) is 0 Å². The van der Waals surface area contributed by atoms with Gasteiger partial charge in [0.05, 0.1) is 19.9 Å². The average molecular weight is 212 g/mol. The van der Waals surface area contributed by atoms with Crippen LogP contribution in [-0.4, -0.2) is 39.1 Å². The molecule has 0 saturated heterocycles. The SMILES string of the molecule is COc1ccc(NCC(OC)OC)nc1. The Hall–Kier alpha value is -1.33. The monoisotopic (exact) mass is 212 g/mol. The lowest BCUT2D eigenvalue weighted by Gasteiger charge is -2.14. The number of methoxy groups -OCH3 is 3. The van der Waals surface area contributed by atoms with Crippen molar-refractivity contribution < 1.29 is 14.2 Å². The van der Waals surface area contributed by atoms with E-state index >= 15 is 0 Å². The summed E-state index contributed by atoms with van der Waals surface area (Å²) in [5.74, 6) is 1.49. The van der Waals surface area contributed by atoms with E-state index in [4.69, 9.17) is 14.2 Å². The number of pyridine rings is 1. The van der Waals surface area contributed by atoms with Crippen molar-refractivity contribution in [3.8, 4) is 5.75 Å². The highest BCUT2D eigenvalue weighted by atomic mass is 16.7. The highest BCUT2D eigenvalue weighted by Gasteiger charge is 2.04. The molecule has 0 saturated carbocycles. The lowest BCUT2D eigenvalue weighted by atomic mass is 10.4. The van der Waals surface area contributed by atoms with Gasteiger partial charge in [-0.1, -0.05) is 0 Å². The van der Waals surface area contributed by atoms with Crippen LogP contribution in [0, 0.1) is 0 Å². The van der Waals surface area contributed by atoms with Gasteiger partial charge >= 0.3 is 0 Å². The Morgan fingerprint density at radius 3 is 2.47 bits per heavy atom. The Morgan fingerprint density at radius 1 is 1.27 bits per heavy atom. The zero-order valence-electron chi connectivity index (χ0n) is 9.19. The van der Waals surface area contributed by atoms with E-state index in [9.17, 15) is 0 Å². The molecule has 0 spiro atoms. The molecule has 1 aromatic heterocycles. The van der Waals surface area contributed by atoms with E-state index < -0.39 is 0 Å².